The number of amides is 1. The number of likely N-dealkylation sites (tertiary alicyclic amines) is 1. The zero-order valence-electron chi connectivity index (χ0n) is 15.8. The molecule has 1 atom stereocenters. The Bertz CT molecular complexity index is 585. The molecule has 5 nitrogen and oxygen atoms in total. The maximum Gasteiger partial charge on any atom is 0.222 e. The number of rotatable bonds is 8. The number of hydrogen-bond donors (Lipinski definition) is 2. The molecule has 1 aliphatic heterocycles. The van der Waals surface area contributed by atoms with Gasteiger partial charge in [0.1, 0.15) is 0 Å². The van der Waals surface area contributed by atoms with E-state index in [0.29, 0.717) is 24.9 Å². The molecule has 1 aromatic rings. The standard InChI is InChI=1S/C20H32N4O/c1-4-18(24-13-7-10-19(24)25)11-12-22-20(21-5-2)23-15-17-9-6-8-16(3)14-17/h6,8-9,14,18H,4-5,7,10-13,15H2,1-3H3,(H2,21,22,23). The van der Waals surface area contributed by atoms with Crippen LogP contribution in [0.15, 0.2) is 29.3 Å². The summed E-state index contributed by atoms with van der Waals surface area (Å²) in [6, 6.07) is 8.77. The zero-order chi connectivity index (χ0) is 18.1. The lowest BCUT2D eigenvalue weighted by atomic mass is 10.1. The van der Waals surface area contributed by atoms with E-state index in [1.54, 1.807) is 0 Å². The van der Waals surface area contributed by atoms with Gasteiger partial charge in [0.25, 0.3) is 0 Å². The van der Waals surface area contributed by atoms with Crippen molar-refractivity contribution in [3.63, 3.8) is 0 Å². The van der Waals surface area contributed by atoms with E-state index in [9.17, 15) is 4.79 Å². The maximum absolute atomic E-state index is 11.9. The van der Waals surface area contributed by atoms with Gasteiger partial charge in [-0.1, -0.05) is 36.8 Å². The molecule has 1 fully saturated rings. The number of nitrogens with zero attached hydrogens (tertiary/aromatic N) is 2. The first-order chi connectivity index (χ1) is 12.1. The minimum absolute atomic E-state index is 0.312. The van der Waals surface area contributed by atoms with Gasteiger partial charge in [-0.05, 0) is 38.7 Å². The quantitative estimate of drug-likeness (QED) is 0.563. The fourth-order valence-corrected chi connectivity index (χ4v) is 3.32. The van der Waals surface area contributed by atoms with Crippen molar-refractivity contribution in [1.29, 1.82) is 0 Å². The summed E-state index contributed by atoms with van der Waals surface area (Å²) in [6.07, 6.45) is 3.68. The number of carbonyl (C=O) groups excluding carboxylic acids is 1. The maximum atomic E-state index is 11.9. The van der Waals surface area contributed by atoms with Gasteiger partial charge in [0.15, 0.2) is 5.96 Å². The Morgan fingerprint density at radius 1 is 1.32 bits per heavy atom. The molecule has 138 valence electrons. The SMILES string of the molecule is CCNC(=NCc1cccc(C)c1)NCCC(CC)N1CCCC1=O. The van der Waals surface area contributed by atoms with Crippen LogP contribution in [0.1, 0.15) is 50.7 Å². The molecule has 1 saturated heterocycles. The summed E-state index contributed by atoms with van der Waals surface area (Å²) in [7, 11) is 0. The third-order valence-electron chi connectivity index (χ3n) is 4.64. The number of hydrogen-bond acceptors (Lipinski definition) is 2. The van der Waals surface area contributed by atoms with Crippen LogP contribution in [0.2, 0.25) is 0 Å². The summed E-state index contributed by atoms with van der Waals surface area (Å²) >= 11 is 0. The first kappa shape index (κ1) is 19.3. The van der Waals surface area contributed by atoms with E-state index < -0.39 is 0 Å². The van der Waals surface area contributed by atoms with E-state index in [-0.39, 0.29) is 0 Å². The van der Waals surface area contributed by atoms with Crippen molar-refractivity contribution in [3.05, 3.63) is 35.4 Å². The smallest absolute Gasteiger partial charge is 0.222 e. The molecule has 1 heterocycles. The minimum Gasteiger partial charge on any atom is -0.357 e. The first-order valence-corrected chi connectivity index (χ1v) is 9.51. The van der Waals surface area contributed by atoms with Crippen LogP contribution in [0.3, 0.4) is 0 Å². The second kappa shape index (κ2) is 10.1. The van der Waals surface area contributed by atoms with Crippen LogP contribution < -0.4 is 10.6 Å². The molecule has 1 unspecified atom stereocenters. The molecular formula is C20H32N4O. The van der Waals surface area contributed by atoms with Crippen LogP contribution in [0.25, 0.3) is 0 Å². The molecular weight excluding hydrogens is 312 g/mol. The number of carbonyl (C=O) groups is 1. The van der Waals surface area contributed by atoms with E-state index in [1.165, 1.54) is 11.1 Å². The Labute approximate surface area is 151 Å². The predicted molar refractivity (Wildman–Crippen MR) is 104 cm³/mol. The number of nitrogens with one attached hydrogen (secondary N) is 2. The van der Waals surface area contributed by atoms with Crippen LogP contribution in [0.4, 0.5) is 0 Å². The third-order valence-corrected chi connectivity index (χ3v) is 4.64. The highest BCUT2D eigenvalue weighted by molar-refractivity contribution is 5.80. The predicted octanol–water partition coefficient (Wildman–Crippen LogP) is 2.84. The Balaban J connectivity index is 1.85. The highest BCUT2D eigenvalue weighted by atomic mass is 16.2. The summed E-state index contributed by atoms with van der Waals surface area (Å²) in [6.45, 7) is 9.57. The van der Waals surface area contributed by atoms with E-state index in [0.717, 1.165) is 44.9 Å². The van der Waals surface area contributed by atoms with Gasteiger partial charge in [0, 0.05) is 32.1 Å². The topological polar surface area (TPSA) is 56.7 Å². The average Bonchev–Trinajstić information content (AvgIpc) is 3.02. The van der Waals surface area contributed by atoms with E-state index in [4.69, 9.17) is 0 Å². The van der Waals surface area contributed by atoms with Crippen molar-refractivity contribution >= 4 is 11.9 Å². The van der Waals surface area contributed by atoms with Crippen molar-refractivity contribution in [2.24, 2.45) is 4.99 Å². The average molecular weight is 345 g/mol. The largest absolute Gasteiger partial charge is 0.357 e. The van der Waals surface area contributed by atoms with E-state index in [2.05, 4.69) is 65.6 Å². The van der Waals surface area contributed by atoms with Crippen molar-refractivity contribution < 1.29 is 4.79 Å². The van der Waals surface area contributed by atoms with Crippen LogP contribution in [-0.2, 0) is 11.3 Å². The van der Waals surface area contributed by atoms with Gasteiger partial charge >= 0.3 is 0 Å². The molecule has 5 heteroatoms. The molecule has 25 heavy (non-hydrogen) atoms. The van der Waals surface area contributed by atoms with Crippen molar-refractivity contribution in [1.82, 2.24) is 15.5 Å². The molecule has 1 aromatic carbocycles. The van der Waals surface area contributed by atoms with Gasteiger partial charge in [-0.2, -0.15) is 0 Å². The first-order valence-electron chi connectivity index (χ1n) is 9.51. The lowest BCUT2D eigenvalue weighted by Crippen LogP contribution is -2.42. The number of guanidine groups is 1. The van der Waals surface area contributed by atoms with E-state index >= 15 is 0 Å². The molecule has 0 saturated carbocycles. The molecule has 1 amide bonds. The fraction of sp³-hybridized carbons (Fsp3) is 0.600. The van der Waals surface area contributed by atoms with Crippen LogP contribution in [0.5, 0.6) is 0 Å². The molecule has 0 aliphatic carbocycles. The summed E-state index contributed by atoms with van der Waals surface area (Å²) in [5.74, 6) is 1.15. The Morgan fingerprint density at radius 3 is 2.80 bits per heavy atom. The molecule has 0 radical (unpaired) electrons. The van der Waals surface area contributed by atoms with E-state index in [1.807, 2.05) is 0 Å². The second-order valence-electron chi connectivity index (χ2n) is 6.65. The monoisotopic (exact) mass is 344 g/mol. The fourth-order valence-electron chi connectivity index (χ4n) is 3.32. The van der Waals surface area contributed by atoms with Gasteiger partial charge in [0.2, 0.25) is 5.91 Å². The van der Waals surface area contributed by atoms with Crippen molar-refractivity contribution in [3.8, 4) is 0 Å². The highest BCUT2D eigenvalue weighted by Crippen LogP contribution is 2.17. The van der Waals surface area contributed by atoms with Gasteiger partial charge in [0.05, 0.1) is 6.54 Å². The lowest BCUT2D eigenvalue weighted by Gasteiger charge is -2.27. The molecule has 2 N–H and O–H groups in total. The summed E-state index contributed by atoms with van der Waals surface area (Å²) < 4.78 is 0. The zero-order valence-corrected chi connectivity index (χ0v) is 15.8. The third kappa shape index (κ3) is 6.07. The van der Waals surface area contributed by atoms with Crippen molar-refractivity contribution in [2.45, 2.75) is 59.0 Å². The number of benzene rings is 1. The van der Waals surface area contributed by atoms with Crippen LogP contribution in [-0.4, -0.2) is 42.4 Å². The molecule has 2 rings (SSSR count). The van der Waals surface area contributed by atoms with Gasteiger partial charge in [-0.25, -0.2) is 4.99 Å². The Kier molecular flexibility index (Phi) is 7.76. The highest BCUT2D eigenvalue weighted by Gasteiger charge is 2.26. The van der Waals surface area contributed by atoms with Gasteiger partial charge < -0.3 is 15.5 Å². The number of aryl methyl sites for hydroxylation is 1. The summed E-state index contributed by atoms with van der Waals surface area (Å²) in [5.41, 5.74) is 2.47. The van der Waals surface area contributed by atoms with Crippen molar-refractivity contribution in [2.75, 3.05) is 19.6 Å². The molecule has 0 spiro atoms. The Morgan fingerprint density at radius 2 is 2.16 bits per heavy atom. The lowest BCUT2D eigenvalue weighted by molar-refractivity contribution is -0.129. The van der Waals surface area contributed by atoms with Crippen LogP contribution in [0, 0.1) is 6.92 Å². The van der Waals surface area contributed by atoms with Crippen LogP contribution >= 0.6 is 0 Å². The number of aliphatic imine (C=N–C) groups is 1. The molecule has 0 aromatic heterocycles. The summed E-state index contributed by atoms with van der Waals surface area (Å²) in [4.78, 5) is 18.7. The summed E-state index contributed by atoms with van der Waals surface area (Å²) in [5, 5.41) is 6.71. The normalized spacial score (nSPS) is 16.2. The second-order valence-corrected chi connectivity index (χ2v) is 6.65. The molecule has 0 bridgehead atoms. The Hall–Kier alpha value is -2.04. The van der Waals surface area contributed by atoms with Gasteiger partial charge in [-0.15, -0.1) is 0 Å². The minimum atomic E-state index is 0.312. The van der Waals surface area contributed by atoms with Gasteiger partial charge in [-0.3, -0.25) is 4.79 Å². The molecule has 1 aliphatic rings.